The number of carbonyl (C=O) groups is 3. The summed E-state index contributed by atoms with van der Waals surface area (Å²) in [4.78, 5) is 39.3. The van der Waals surface area contributed by atoms with Crippen LogP contribution in [0.5, 0.6) is 0 Å². The molecule has 5 rings (SSSR count). The van der Waals surface area contributed by atoms with Crippen molar-refractivity contribution in [1.29, 1.82) is 0 Å². The maximum Gasteiger partial charge on any atom is 0.319 e. The summed E-state index contributed by atoms with van der Waals surface area (Å²) in [6, 6.07) is 14.5. The van der Waals surface area contributed by atoms with Crippen LogP contribution in [0.2, 0.25) is 0 Å². The van der Waals surface area contributed by atoms with Gasteiger partial charge in [0.2, 0.25) is 11.8 Å². The van der Waals surface area contributed by atoms with Crippen molar-refractivity contribution in [3.8, 4) is 0 Å². The smallest absolute Gasteiger partial charge is 0.319 e. The van der Waals surface area contributed by atoms with E-state index in [-0.39, 0.29) is 41.5 Å². The zero-order valence-electron chi connectivity index (χ0n) is 16.7. The molecule has 6 heteroatoms. The van der Waals surface area contributed by atoms with Gasteiger partial charge in [0.1, 0.15) is 0 Å². The molecule has 4 amide bonds. The zero-order chi connectivity index (χ0) is 20.8. The number of fused-ring (bicyclic) bond motifs is 5. The predicted octanol–water partition coefficient (Wildman–Crippen LogP) is 3.63. The molecule has 2 aromatic rings. The second kappa shape index (κ2) is 7.13. The Bertz CT molecular complexity index is 1030. The number of aryl methyl sites for hydroxylation is 1. The third-order valence-electron chi connectivity index (χ3n) is 6.51. The molecule has 1 saturated heterocycles. The summed E-state index contributed by atoms with van der Waals surface area (Å²) in [7, 11) is 0. The first-order chi connectivity index (χ1) is 14.5. The highest BCUT2D eigenvalue weighted by Crippen LogP contribution is 2.53. The molecule has 6 nitrogen and oxygen atoms in total. The first kappa shape index (κ1) is 18.6. The second-order valence-electron chi connectivity index (χ2n) is 8.30. The van der Waals surface area contributed by atoms with Gasteiger partial charge in [0, 0.05) is 12.2 Å². The van der Waals surface area contributed by atoms with Gasteiger partial charge >= 0.3 is 6.03 Å². The number of hydrogen-bond donors (Lipinski definition) is 2. The Morgan fingerprint density at radius 2 is 1.60 bits per heavy atom. The van der Waals surface area contributed by atoms with Crippen LogP contribution in [0.15, 0.2) is 60.7 Å². The third kappa shape index (κ3) is 3.00. The van der Waals surface area contributed by atoms with Gasteiger partial charge in [0.05, 0.1) is 17.5 Å². The molecule has 1 aliphatic heterocycles. The minimum absolute atomic E-state index is 0.0784. The molecule has 4 atom stereocenters. The molecule has 2 N–H and O–H groups in total. The molecule has 4 unspecified atom stereocenters. The number of carbonyl (C=O) groups excluding carboxylic acids is 3. The summed E-state index contributed by atoms with van der Waals surface area (Å²) in [5.74, 6) is -0.137. The fraction of sp³-hybridized carbons (Fsp3) is 0.292. The summed E-state index contributed by atoms with van der Waals surface area (Å²) >= 11 is 0. The fourth-order valence-electron chi connectivity index (χ4n) is 4.98. The quantitative estimate of drug-likeness (QED) is 0.607. The minimum Gasteiger partial charge on any atom is -0.334 e. The van der Waals surface area contributed by atoms with Crippen LogP contribution in [-0.4, -0.2) is 17.8 Å². The summed E-state index contributed by atoms with van der Waals surface area (Å²) in [6.45, 7) is 2.28. The molecule has 1 heterocycles. The number of nitrogens with one attached hydrogen (secondary N) is 2. The number of anilines is 2. The number of hydrogen-bond acceptors (Lipinski definition) is 3. The van der Waals surface area contributed by atoms with E-state index in [1.54, 1.807) is 12.1 Å². The van der Waals surface area contributed by atoms with Crippen LogP contribution in [0.3, 0.4) is 0 Å². The topological polar surface area (TPSA) is 78.5 Å². The van der Waals surface area contributed by atoms with Gasteiger partial charge in [-0.2, -0.15) is 0 Å². The van der Waals surface area contributed by atoms with Crippen LogP contribution in [0.4, 0.5) is 16.2 Å². The minimum atomic E-state index is -0.283. The van der Waals surface area contributed by atoms with Crippen LogP contribution >= 0.6 is 0 Å². The number of urea groups is 1. The van der Waals surface area contributed by atoms with E-state index in [0.717, 1.165) is 23.2 Å². The van der Waals surface area contributed by atoms with Crippen molar-refractivity contribution in [3.05, 3.63) is 71.8 Å². The molecule has 152 valence electrons. The van der Waals surface area contributed by atoms with Crippen molar-refractivity contribution >= 4 is 29.2 Å². The SMILES string of the molecule is Cc1ccccc1NC(=O)NCc1ccc(N2C(=O)C3C4C=CC(C4)C3C2=O)cc1. The van der Waals surface area contributed by atoms with E-state index in [0.29, 0.717) is 12.2 Å². The van der Waals surface area contributed by atoms with E-state index >= 15 is 0 Å². The Morgan fingerprint density at radius 3 is 2.23 bits per heavy atom. The molecule has 1 saturated carbocycles. The maximum atomic E-state index is 12.9. The highest BCUT2D eigenvalue weighted by Gasteiger charge is 2.59. The van der Waals surface area contributed by atoms with Crippen molar-refractivity contribution in [2.24, 2.45) is 23.7 Å². The predicted molar refractivity (Wildman–Crippen MR) is 114 cm³/mol. The second-order valence-corrected chi connectivity index (χ2v) is 8.30. The van der Waals surface area contributed by atoms with E-state index in [1.165, 1.54) is 4.90 Å². The first-order valence-corrected chi connectivity index (χ1v) is 10.3. The van der Waals surface area contributed by atoms with Gasteiger partial charge in [-0.3, -0.25) is 14.5 Å². The lowest BCUT2D eigenvalue weighted by Crippen LogP contribution is -2.32. The lowest BCUT2D eigenvalue weighted by Gasteiger charge is -2.17. The fourth-order valence-corrected chi connectivity index (χ4v) is 4.98. The molecule has 2 fully saturated rings. The van der Waals surface area contributed by atoms with Gasteiger partial charge in [-0.05, 0) is 54.5 Å². The van der Waals surface area contributed by atoms with Gasteiger partial charge < -0.3 is 10.6 Å². The first-order valence-electron chi connectivity index (χ1n) is 10.3. The van der Waals surface area contributed by atoms with Gasteiger partial charge in [-0.15, -0.1) is 0 Å². The molecule has 2 bridgehead atoms. The monoisotopic (exact) mass is 401 g/mol. The molecule has 30 heavy (non-hydrogen) atoms. The Balaban J connectivity index is 1.22. The maximum absolute atomic E-state index is 12.9. The molecule has 0 spiro atoms. The highest BCUT2D eigenvalue weighted by atomic mass is 16.2. The molecule has 0 radical (unpaired) electrons. The number of nitrogens with zero attached hydrogens (tertiary/aromatic N) is 1. The third-order valence-corrected chi connectivity index (χ3v) is 6.51. The van der Waals surface area contributed by atoms with Crippen LogP contribution < -0.4 is 15.5 Å². The Labute approximate surface area is 175 Å². The standard InChI is InChI=1S/C24H23N3O3/c1-14-4-2-3-5-19(14)26-24(30)25-13-15-6-10-18(11-7-15)27-22(28)20-16-8-9-17(12-16)21(20)23(27)29/h2-11,16-17,20-21H,12-13H2,1H3,(H2,25,26,30). The van der Waals surface area contributed by atoms with Gasteiger partial charge in [-0.1, -0.05) is 42.5 Å². The average molecular weight is 401 g/mol. The molecule has 2 aliphatic carbocycles. The lowest BCUT2D eigenvalue weighted by atomic mass is 9.85. The number of imide groups is 1. The molecule has 3 aliphatic rings. The molecule has 0 aromatic heterocycles. The van der Waals surface area contributed by atoms with E-state index in [1.807, 2.05) is 43.3 Å². The number of rotatable bonds is 4. The Morgan fingerprint density at radius 1 is 0.967 bits per heavy atom. The molecule has 2 aromatic carbocycles. The van der Waals surface area contributed by atoms with E-state index in [2.05, 4.69) is 22.8 Å². The normalized spacial score (nSPS) is 26.2. The average Bonchev–Trinajstić information content (AvgIpc) is 3.43. The van der Waals surface area contributed by atoms with Crippen molar-refractivity contribution in [3.63, 3.8) is 0 Å². The van der Waals surface area contributed by atoms with Crippen molar-refractivity contribution in [1.82, 2.24) is 5.32 Å². The summed E-state index contributed by atoms with van der Waals surface area (Å²) in [5.41, 5.74) is 3.25. The number of allylic oxidation sites excluding steroid dienone is 2. The molecular formula is C24H23N3O3. The van der Waals surface area contributed by atoms with Crippen LogP contribution in [0.25, 0.3) is 0 Å². The van der Waals surface area contributed by atoms with Crippen molar-refractivity contribution < 1.29 is 14.4 Å². The summed E-state index contributed by atoms with van der Waals surface area (Å²) in [6.07, 6.45) is 5.12. The van der Waals surface area contributed by atoms with Crippen LogP contribution in [0, 0.1) is 30.6 Å². The summed E-state index contributed by atoms with van der Waals surface area (Å²) in [5, 5.41) is 5.66. The molecular weight excluding hydrogens is 378 g/mol. The number of para-hydroxylation sites is 1. The van der Waals surface area contributed by atoms with E-state index in [4.69, 9.17) is 0 Å². The van der Waals surface area contributed by atoms with Gasteiger partial charge in [0.15, 0.2) is 0 Å². The van der Waals surface area contributed by atoms with Crippen molar-refractivity contribution in [2.45, 2.75) is 19.9 Å². The lowest BCUT2D eigenvalue weighted by molar-refractivity contribution is -0.123. The zero-order valence-corrected chi connectivity index (χ0v) is 16.7. The van der Waals surface area contributed by atoms with Gasteiger partial charge in [0.25, 0.3) is 0 Å². The van der Waals surface area contributed by atoms with Crippen molar-refractivity contribution in [2.75, 3.05) is 10.2 Å². The number of benzene rings is 2. The van der Waals surface area contributed by atoms with Crippen LogP contribution in [0.1, 0.15) is 17.5 Å². The largest absolute Gasteiger partial charge is 0.334 e. The Hall–Kier alpha value is -3.41. The highest BCUT2D eigenvalue weighted by molar-refractivity contribution is 6.22. The van der Waals surface area contributed by atoms with Gasteiger partial charge in [-0.25, -0.2) is 4.79 Å². The Kier molecular flexibility index (Phi) is 4.42. The number of amides is 4. The van der Waals surface area contributed by atoms with E-state index < -0.39 is 0 Å². The summed E-state index contributed by atoms with van der Waals surface area (Å²) < 4.78 is 0. The van der Waals surface area contributed by atoms with Crippen LogP contribution in [-0.2, 0) is 16.1 Å². The van der Waals surface area contributed by atoms with E-state index in [9.17, 15) is 14.4 Å².